The van der Waals surface area contributed by atoms with Gasteiger partial charge in [0, 0.05) is 0 Å². The fourth-order valence-electron chi connectivity index (χ4n) is 1.88. The number of rotatable bonds is 6. The van der Waals surface area contributed by atoms with E-state index < -0.39 is 11.6 Å². The lowest BCUT2D eigenvalue weighted by Gasteiger charge is -2.28. The third-order valence-electron chi connectivity index (χ3n) is 3.37. The average Bonchev–Trinajstić information content (AvgIpc) is 2.39. The van der Waals surface area contributed by atoms with E-state index in [1.54, 1.807) is 14.0 Å². The summed E-state index contributed by atoms with van der Waals surface area (Å²) in [5, 5.41) is 10.3. The summed E-state index contributed by atoms with van der Waals surface area (Å²) < 4.78 is 10.2. The third kappa shape index (κ3) is 3.70. The maximum absolute atomic E-state index is 11.7. The number of carbonyl (C=O) groups is 1. The maximum Gasteiger partial charge on any atom is 0.338 e. The number of para-hydroxylation sites is 1. The molecule has 4 heteroatoms. The molecule has 1 N–H and O–H groups in total. The van der Waals surface area contributed by atoms with E-state index in [0.29, 0.717) is 6.42 Å². The topological polar surface area (TPSA) is 55.8 Å². The lowest BCUT2D eigenvalue weighted by atomic mass is 9.85. The van der Waals surface area contributed by atoms with Gasteiger partial charge in [0.25, 0.3) is 0 Å². The van der Waals surface area contributed by atoms with Crippen LogP contribution in [-0.4, -0.2) is 30.4 Å². The van der Waals surface area contributed by atoms with Crippen LogP contribution in [0, 0.1) is 5.92 Å². The van der Waals surface area contributed by atoms with Gasteiger partial charge in [-0.3, -0.25) is 0 Å². The predicted molar refractivity (Wildman–Crippen MR) is 73.1 cm³/mol. The monoisotopic (exact) mass is 266 g/mol. The zero-order chi connectivity index (χ0) is 14.5. The van der Waals surface area contributed by atoms with E-state index in [-0.39, 0.29) is 12.5 Å². The Hall–Kier alpha value is -1.55. The smallest absolute Gasteiger partial charge is 0.338 e. The Labute approximate surface area is 114 Å². The van der Waals surface area contributed by atoms with Gasteiger partial charge in [0.15, 0.2) is 5.60 Å². The normalized spacial score (nSPS) is 15.4. The van der Waals surface area contributed by atoms with Crippen LogP contribution in [0.1, 0.15) is 26.3 Å². The number of methoxy groups -OCH3 is 1. The molecule has 1 rings (SSSR count). The van der Waals surface area contributed by atoms with Gasteiger partial charge in [-0.15, -0.1) is 0 Å². The first kappa shape index (κ1) is 15.5. The van der Waals surface area contributed by atoms with Gasteiger partial charge in [0.05, 0.1) is 13.7 Å². The quantitative estimate of drug-likeness (QED) is 0.802. The molecule has 1 aromatic carbocycles. The zero-order valence-electron chi connectivity index (χ0n) is 12.0. The molecule has 0 amide bonds. The molecule has 2 atom stereocenters. The molecule has 0 aromatic heterocycles. The van der Waals surface area contributed by atoms with Crippen molar-refractivity contribution in [3.63, 3.8) is 0 Å². The van der Waals surface area contributed by atoms with E-state index in [2.05, 4.69) is 0 Å². The van der Waals surface area contributed by atoms with Gasteiger partial charge in [0.2, 0.25) is 0 Å². The summed E-state index contributed by atoms with van der Waals surface area (Å²) in [7, 11) is 1.60. The van der Waals surface area contributed by atoms with Crippen molar-refractivity contribution in [3.8, 4) is 5.75 Å². The second kappa shape index (κ2) is 6.57. The van der Waals surface area contributed by atoms with Crippen molar-refractivity contribution < 1.29 is 19.4 Å². The minimum atomic E-state index is -1.50. The van der Waals surface area contributed by atoms with E-state index in [1.165, 1.54) is 6.92 Å². The molecule has 19 heavy (non-hydrogen) atoms. The fraction of sp³-hybridized carbons (Fsp3) is 0.533. The Morgan fingerprint density at radius 1 is 1.42 bits per heavy atom. The van der Waals surface area contributed by atoms with Gasteiger partial charge in [0.1, 0.15) is 5.75 Å². The van der Waals surface area contributed by atoms with Gasteiger partial charge in [-0.2, -0.15) is 0 Å². The average molecular weight is 266 g/mol. The minimum Gasteiger partial charge on any atom is -0.496 e. The zero-order valence-corrected chi connectivity index (χ0v) is 12.0. The molecular formula is C15H22O4. The van der Waals surface area contributed by atoms with Crippen LogP contribution in [0.5, 0.6) is 5.75 Å². The van der Waals surface area contributed by atoms with Crippen molar-refractivity contribution in [3.05, 3.63) is 29.8 Å². The lowest BCUT2D eigenvalue weighted by Crippen LogP contribution is -2.44. The van der Waals surface area contributed by atoms with Crippen LogP contribution in [0.15, 0.2) is 24.3 Å². The van der Waals surface area contributed by atoms with Crippen LogP contribution in [0.4, 0.5) is 0 Å². The fourth-order valence-corrected chi connectivity index (χ4v) is 1.88. The highest BCUT2D eigenvalue weighted by Crippen LogP contribution is 2.27. The van der Waals surface area contributed by atoms with Crippen molar-refractivity contribution >= 4 is 5.97 Å². The van der Waals surface area contributed by atoms with E-state index in [0.717, 1.165) is 11.3 Å². The van der Waals surface area contributed by atoms with Crippen molar-refractivity contribution in [1.29, 1.82) is 0 Å². The van der Waals surface area contributed by atoms with E-state index in [1.807, 2.05) is 31.2 Å². The predicted octanol–water partition coefficient (Wildman–Crippen LogP) is 2.19. The number of carbonyl (C=O) groups excluding carboxylic acids is 1. The van der Waals surface area contributed by atoms with Gasteiger partial charge in [-0.1, -0.05) is 25.1 Å². The third-order valence-corrected chi connectivity index (χ3v) is 3.37. The molecule has 0 spiro atoms. The van der Waals surface area contributed by atoms with Crippen LogP contribution in [0.2, 0.25) is 0 Å². The molecule has 0 radical (unpaired) electrons. The Morgan fingerprint density at radius 2 is 2.05 bits per heavy atom. The Balaban J connectivity index is 2.83. The van der Waals surface area contributed by atoms with Crippen LogP contribution in [0.3, 0.4) is 0 Å². The number of hydrogen-bond acceptors (Lipinski definition) is 4. The van der Waals surface area contributed by atoms with Gasteiger partial charge in [-0.25, -0.2) is 4.79 Å². The Morgan fingerprint density at radius 3 is 2.63 bits per heavy atom. The van der Waals surface area contributed by atoms with Gasteiger partial charge in [-0.05, 0) is 37.8 Å². The molecule has 0 saturated heterocycles. The summed E-state index contributed by atoms with van der Waals surface area (Å²) in [4.78, 5) is 11.7. The van der Waals surface area contributed by atoms with Crippen molar-refractivity contribution in [2.24, 2.45) is 5.92 Å². The molecule has 2 unspecified atom stereocenters. The van der Waals surface area contributed by atoms with Gasteiger partial charge < -0.3 is 14.6 Å². The van der Waals surface area contributed by atoms with E-state index >= 15 is 0 Å². The largest absolute Gasteiger partial charge is 0.496 e. The minimum absolute atomic E-state index is 0.260. The molecule has 106 valence electrons. The Bertz CT molecular complexity index is 426. The van der Waals surface area contributed by atoms with Crippen LogP contribution < -0.4 is 4.74 Å². The summed E-state index contributed by atoms with van der Waals surface area (Å²) in [5.74, 6) is -0.103. The second-order valence-electron chi connectivity index (χ2n) is 4.79. The second-order valence-corrected chi connectivity index (χ2v) is 4.79. The molecule has 0 heterocycles. The highest BCUT2D eigenvalue weighted by molar-refractivity contribution is 5.79. The number of benzene rings is 1. The lowest BCUT2D eigenvalue weighted by molar-refractivity contribution is -0.168. The van der Waals surface area contributed by atoms with Crippen LogP contribution in [-0.2, 0) is 16.0 Å². The highest BCUT2D eigenvalue weighted by Gasteiger charge is 2.38. The number of hydrogen-bond donors (Lipinski definition) is 1. The van der Waals surface area contributed by atoms with Crippen LogP contribution in [0.25, 0.3) is 0 Å². The molecule has 1 aromatic rings. The number of ether oxygens (including phenoxy) is 2. The van der Waals surface area contributed by atoms with Gasteiger partial charge >= 0.3 is 5.97 Å². The summed E-state index contributed by atoms with van der Waals surface area (Å²) in [6.45, 7) is 5.30. The molecule has 0 fully saturated rings. The number of aliphatic hydroxyl groups is 1. The summed E-state index contributed by atoms with van der Waals surface area (Å²) in [6, 6.07) is 7.58. The first-order valence-electron chi connectivity index (χ1n) is 6.45. The van der Waals surface area contributed by atoms with Crippen LogP contribution >= 0.6 is 0 Å². The summed E-state index contributed by atoms with van der Waals surface area (Å²) in [5.41, 5.74) is -0.543. The van der Waals surface area contributed by atoms with Crippen molar-refractivity contribution in [2.75, 3.05) is 13.7 Å². The molecular weight excluding hydrogens is 244 g/mol. The van der Waals surface area contributed by atoms with E-state index in [9.17, 15) is 9.90 Å². The molecule has 0 bridgehead atoms. The molecule has 0 saturated carbocycles. The summed E-state index contributed by atoms with van der Waals surface area (Å²) in [6.07, 6.45) is 0.538. The van der Waals surface area contributed by atoms with Crippen molar-refractivity contribution in [2.45, 2.75) is 32.8 Å². The standard InChI is InChI=1S/C15H22O4/c1-5-19-14(16)15(3,17)11(2)10-12-8-6-7-9-13(12)18-4/h6-9,11,17H,5,10H2,1-4H3. The summed E-state index contributed by atoms with van der Waals surface area (Å²) >= 11 is 0. The first-order chi connectivity index (χ1) is 8.93. The molecule has 0 aliphatic heterocycles. The van der Waals surface area contributed by atoms with Crippen molar-refractivity contribution in [1.82, 2.24) is 0 Å². The SMILES string of the molecule is CCOC(=O)C(C)(O)C(C)Cc1ccccc1OC. The maximum atomic E-state index is 11.7. The molecule has 4 nitrogen and oxygen atoms in total. The molecule has 0 aliphatic rings. The number of esters is 1. The van der Waals surface area contributed by atoms with E-state index in [4.69, 9.17) is 9.47 Å². The first-order valence-corrected chi connectivity index (χ1v) is 6.45. The highest BCUT2D eigenvalue weighted by atomic mass is 16.5. The Kier molecular flexibility index (Phi) is 5.36. The molecule has 0 aliphatic carbocycles.